The zero-order valence-corrected chi connectivity index (χ0v) is 15.7. The Balaban J connectivity index is 1.41. The largest absolute Gasteiger partial charge is 0.445 e. The lowest BCUT2D eigenvalue weighted by molar-refractivity contribution is -0.932. The van der Waals surface area contributed by atoms with Gasteiger partial charge in [-0.3, -0.25) is 9.69 Å². The number of hydrogen-bond donors (Lipinski definition) is 1. The van der Waals surface area contributed by atoms with Gasteiger partial charge < -0.3 is 14.1 Å². The Morgan fingerprint density at radius 2 is 1.89 bits per heavy atom. The minimum atomic E-state index is -0.309. The lowest BCUT2D eigenvalue weighted by atomic mass is 10.0. The zero-order chi connectivity index (χ0) is 19.1. The van der Waals surface area contributed by atoms with Crippen LogP contribution in [0.2, 0.25) is 0 Å². The Labute approximate surface area is 162 Å². The van der Waals surface area contributed by atoms with Crippen molar-refractivity contribution in [2.24, 2.45) is 0 Å². The summed E-state index contributed by atoms with van der Waals surface area (Å²) in [6.45, 7) is 3.95. The van der Waals surface area contributed by atoms with Crippen molar-refractivity contribution in [3.8, 4) is 5.75 Å². The third-order valence-corrected chi connectivity index (χ3v) is 5.84. The maximum Gasteiger partial charge on any atom is 0.344 e. The van der Waals surface area contributed by atoms with Gasteiger partial charge in [0.1, 0.15) is 12.3 Å². The number of benzene rings is 2. The molecule has 1 N–H and O–H groups in total. The molecule has 3 heterocycles. The molecule has 1 amide bonds. The van der Waals surface area contributed by atoms with E-state index in [1.807, 2.05) is 35.2 Å². The Hall–Kier alpha value is -2.86. The number of rotatable bonds is 4. The molecule has 1 unspecified atom stereocenters. The van der Waals surface area contributed by atoms with E-state index < -0.39 is 0 Å². The molecule has 2 aliphatic heterocycles. The number of fused-ring (bicyclic) bond motifs is 5. The second-order valence-electron chi connectivity index (χ2n) is 7.66. The molecule has 2 aromatic carbocycles. The molecule has 3 aromatic rings. The highest BCUT2D eigenvalue weighted by atomic mass is 16.5. The summed E-state index contributed by atoms with van der Waals surface area (Å²) in [5, 5.41) is 2.46. The topological polar surface area (TPSA) is 64.2 Å². The van der Waals surface area contributed by atoms with Gasteiger partial charge in [0.05, 0.1) is 17.5 Å². The van der Waals surface area contributed by atoms with Crippen molar-refractivity contribution in [1.82, 2.24) is 4.90 Å². The highest BCUT2D eigenvalue weighted by Crippen LogP contribution is 2.31. The van der Waals surface area contributed by atoms with Crippen molar-refractivity contribution in [2.45, 2.75) is 25.8 Å². The van der Waals surface area contributed by atoms with Crippen LogP contribution in [0.3, 0.4) is 0 Å². The number of ether oxygens (including phenoxy) is 1. The Bertz CT molecular complexity index is 1120. The SMILES string of the molecule is O=C1CCCN1CCC[NH+]1COc2ccc3c(oc(=O)c4ccccc43)c2C1. The van der Waals surface area contributed by atoms with Gasteiger partial charge in [0.2, 0.25) is 12.6 Å². The molecular formula is C22H23N2O4+. The Morgan fingerprint density at radius 1 is 1.04 bits per heavy atom. The Kier molecular flexibility index (Phi) is 4.28. The average Bonchev–Trinajstić information content (AvgIpc) is 3.13. The predicted octanol–water partition coefficient (Wildman–Crippen LogP) is 1.69. The van der Waals surface area contributed by atoms with Gasteiger partial charge >= 0.3 is 5.63 Å². The zero-order valence-electron chi connectivity index (χ0n) is 15.7. The van der Waals surface area contributed by atoms with Crippen molar-refractivity contribution in [1.29, 1.82) is 0 Å². The summed E-state index contributed by atoms with van der Waals surface area (Å²) < 4.78 is 11.7. The van der Waals surface area contributed by atoms with Gasteiger partial charge in [0, 0.05) is 31.3 Å². The normalized spacial score (nSPS) is 19.2. The third kappa shape index (κ3) is 2.94. The molecule has 0 radical (unpaired) electrons. The average molecular weight is 379 g/mol. The van der Waals surface area contributed by atoms with E-state index in [0.717, 1.165) is 61.1 Å². The fourth-order valence-electron chi connectivity index (χ4n) is 4.39. The lowest BCUT2D eigenvalue weighted by Gasteiger charge is -2.27. The van der Waals surface area contributed by atoms with Crippen LogP contribution >= 0.6 is 0 Å². The number of likely N-dealkylation sites (tertiary alicyclic amines) is 1. The van der Waals surface area contributed by atoms with Crippen LogP contribution in [0.25, 0.3) is 21.7 Å². The molecule has 1 saturated heterocycles. The van der Waals surface area contributed by atoms with Crippen molar-refractivity contribution < 1.29 is 18.8 Å². The molecule has 5 rings (SSSR count). The monoisotopic (exact) mass is 379 g/mol. The van der Waals surface area contributed by atoms with Crippen LogP contribution in [0, 0.1) is 0 Å². The van der Waals surface area contributed by atoms with Crippen LogP contribution in [-0.2, 0) is 11.3 Å². The smallest absolute Gasteiger partial charge is 0.344 e. The van der Waals surface area contributed by atoms with Gasteiger partial charge in [-0.05, 0) is 30.0 Å². The molecule has 6 heteroatoms. The Morgan fingerprint density at radius 3 is 2.71 bits per heavy atom. The molecule has 144 valence electrons. The summed E-state index contributed by atoms with van der Waals surface area (Å²) in [7, 11) is 0. The fourth-order valence-corrected chi connectivity index (χ4v) is 4.39. The van der Waals surface area contributed by atoms with E-state index in [1.54, 1.807) is 6.07 Å². The number of nitrogens with one attached hydrogen (secondary N) is 1. The van der Waals surface area contributed by atoms with Crippen molar-refractivity contribution >= 4 is 27.6 Å². The first-order valence-corrected chi connectivity index (χ1v) is 9.92. The number of amides is 1. The van der Waals surface area contributed by atoms with E-state index in [2.05, 4.69) is 0 Å². The van der Waals surface area contributed by atoms with Crippen molar-refractivity contribution in [3.63, 3.8) is 0 Å². The summed E-state index contributed by atoms with van der Waals surface area (Å²) in [5.41, 5.74) is 1.28. The predicted molar refractivity (Wildman–Crippen MR) is 105 cm³/mol. The van der Waals surface area contributed by atoms with Crippen LogP contribution in [0.1, 0.15) is 24.8 Å². The van der Waals surface area contributed by atoms with Gasteiger partial charge in [-0.1, -0.05) is 18.2 Å². The van der Waals surface area contributed by atoms with E-state index in [-0.39, 0.29) is 11.5 Å². The van der Waals surface area contributed by atoms with Gasteiger partial charge in [-0.15, -0.1) is 0 Å². The minimum Gasteiger partial charge on any atom is -0.445 e. The quantitative estimate of drug-likeness (QED) is 0.554. The number of quaternary nitrogens is 1. The highest BCUT2D eigenvalue weighted by Gasteiger charge is 2.26. The second kappa shape index (κ2) is 6.95. The van der Waals surface area contributed by atoms with E-state index in [1.165, 1.54) is 4.90 Å². The maximum absolute atomic E-state index is 12.5. The van der Waals surface area contributed by atoms with Gasteiger partial charge in [-0.2, -0.15) is 0 Å². The highest BCUT2D eigenvalue weighted by molar-refractivity contribution is 6.05. The molecule has 0 aliphatic carbocycles. The number of hydrogen-bond acceptors (Lipinski definition) is 4. The van der Waals surface area contributed by atoms with Crippen LogP contribution in [0.5, 0.6) is 5.75 Å². The van der Waals surface area contributed by atoms with E-state index >= 15 is 0 Å². The molecule has 0 bridgehead atoms. The van der Waals surface area contributed by atoms with Crippen LogP contribution in [0.15, 0.2) is 45.6 Å². The number of nitrogens with zero attached hydrogens (tertiary/aromatic N) is 1. The van der Waals surface area contributed by atoms with Gasteiger partial charge in [-0.25, -0.2) is 4.79 Å². The summed E-state index contributed by atoms with van der Waals surface area (Å²) in [5.74, 6) is 1.07. The van der Waals surface area contributed by atoms with E-state index in [9.17, 15) is 9.59 Å². The number of carbonyl (C=O) groups excluding carboxylic acids is 1. The van der Waals surface area contributed by atoms with Crippen LogP contribution in [0.4, 0.5) is 0 Å². The molecule has 1 fully saturated rings. The summed E-state index contributed by atoms with van der Waals surface area (Å²) in [4.78, 5) is 27.5. The summed E-state index contributed by atoms with van der Waals surface area (Å²) in [6, 6.07) is 11.5. The summed E-state index contributed by atoms with van der Waals surface area (Å²) in [6.07, 6.45) is 2.61. The fraction of sp³-hybridized carbons (Fsp3) is 0.364. The second-order valence-corrected chi connectivity index (χ2v) is 7.66. The molecule has 0 spiro atoms. The molecule has 0 saturated carbocycles. The molecule has 28 heavy (non-hydrogen) atoms. The molecule has 6 nitrogen and oxygen atoms in total. The van der Waals surface area contributed by atoms with Crippen molar-refractivity contribution in [3.05, 3.63) is 52.4 Å². The summed E-state index contributed by atoms with van der Waals surface area (Å²) >= 11 is 0. The first-order valence-electron chi connectivity index (χ1n) is 9.92. The van der Waals surface area contributed by atoms with Gasteiger partial charge in [0.15, 0.2) is 5.58 Å². The lowest BCUT2D eigenvalue weighted by Crippen LogP contribution is -3.12. The number of carbonyl (C=O) groups is 1. The first kappa shape index (κ1) is 17.3. The maximum atomic E-state index is 12.5. The minimum absolute atomic E-state index is 0.273. The van der Waals surface area contributed by atoms with Gasteiger partial charge in [0.25, 0.3) is 0 Å². The van der Waals surface area contributed by atoms with E-state index in [4.69, 9.17) is 9.15 Å². The molecular weight excluding hydrogens is 356 g/mol. The molecule has 1 aromatic heterocycles. The molecule has 2 aliphatic rings. The van der Waals surface area contributed by atoms with Crippen LogP contribution < -0.4 is 15.3 Å². The molecule has 1 atom stereocenters. The first-order chi connectivity index (χ1) is 13.7. The van der Waals surface area contributed by atoms with E-state index in [0.29, 0.717) is 24.1 Å². The standard InChI is InChI=1S/C22H22N2O4/c25-20-7-3-11-24(20)12-4-10-23-13-18-19(27-14-23)9-8-16-15-5-1-2-6-17(15)22(26)28-21(16)18/h1-2,5-6,8-9H,3-4,7,10-14H2/p+1. The van der Waals surface area contributed by atoms with Crippen LogP contribution in [-0.4, -0.2) is 37.2 Å². The third-order valence-electron chi connectivity index (χ3n) is 5.84. The van der Waals surface area contributed by atoms with Crippen molar-refractivity contribution in [2.75, 3.05) is 26.4 Å².